The van der Waals surface area contributed by atoms with E-state index in [-0.39, 0.29) is 5.82 Å². The minimum absolute atomic E-state index is 0.250. The number of halogens is 1. The molecule has 2 aromatic heterocycles. The Hall–Kier alpha value is -2.47. The van der Waals surface area contributed by atoms with E-state index in [1.54, 1.807) is 12.3 Å². The van der Waals surface area contributed by atoms with Crippen LogP contribution in [0.5, 0.6) is 0 Å². The molecule has 142 valence electrons. The molecule has 27 heavy (non-hydrogen) atoms. The van der Waals surface area contributed by atoms with Crippen LogP contribution in [0.2, 0.25) is 0 Å². The number of furan rings is 1. The maximum atomic E-state index is 13.5. The maximum Gasteiger partial charge on any atom is 0.226 e. The first-order valence-corrected chi connectivity index (χ1v) is 9.63. The predicted octanol–water partition coefficient (Wildman–Crippen LogP) is 3.86. The highest BCUT2D eigenvalue weighted by molar-refractivity contribution is 5.81. The molecule has 1 N–H and O–H groups in total. The fraction of sp³-hybridized carbons (Fsp3) is 0.429. The van der Waals surface area contributed by atoms with Crippen molar-refractivity contribution in [3.63, 3.8) is 0 Å². The smallest absolute Gasteiger partial charge is 0.226 e. The molecule has 0 amide bonds. The third kappa shape index (κ3) is 4.27. The van der Waals surface area contributed by atoms with Gasteiger partial charge in [-0.2, -0.15) is 0 Å². The van der Waals surface area contributed by atoms with E-state index in [4.69, 9.17) is 4.42 Å². The molecule has 1 aliphatic rings. The highest BCUT2D eigenvalue weighted by atomic mass is 19.1. The SMILES string of the molecule is Cc1nc(N2CCCC(NCCc3ccco3)CC2)nc2ccc(F)cc12. The van der Waals surface area contributed by atoms with Crippen LogP contribution in [-0.4, -0.2) is 35.6 Å². The monoisotopic (exact) mass is 368 g/mol. The Morgan fingerprint density at radius 3 is 3.00 bits per heavy atom. The first kappa shape index (κ1) is 17.9. The molecule has 6 heteroatoms. The Bertz CT molecular complexity index is 897. The van der Waals surface area contributed by atoms with Crippen molar-refractivity contribution in [2.75, 3.05) is 24.5 Å². The van der Waals surface area contributed by atoms with Crippen molar-refractivity contribution in [2.24, 2.45) is 0 Å². The van der Waals surface area contributed by atoms with Crippen molar-refractivity contribution in [1.82, 2.24) is 15.3 Å². The molecule has 1 saturated heterocycles. The Balaban J connectivity index is 1.39. The summed E-state index contributed by atoms with van der Waals surface area (Å²) in [5, 5.41) is 4.43. The molecule has 0 radical (unpaired) electrons. The lowest BCUT2D eigenvalue weighted by atomic mass is 10.1. The van der Waals surface area contributed by atoms with Gasteiger partial charge in [0.15, 0.2) is 0 Å². The van der Waals surface area contributed by atoms with Gasteiger partial charge >= 0.3 is 0 Å². The van der Waals surface area contributed by atoms with Gasteiger partial charge in [0.05, 0.1) is 17.5 Å². The van der Waals surface area contributed by atoms with Crippen molar-refractivity contribution >= 4 is 16.9 Å². The zero-order chi connectivity index (χ0) is 18.6. The predicted molar refractivity (Wildman–Crippen MR) is 104 cm³/mol. The van der Waals surface area contributed by atoms with E-state index >= 15 is 0 Å². The van der Waals surface area contributed by atoms with Crippen LogP contribution in [0.3, 0.4) is 0 Å². The summed E-state index contributed by atoms with van der Waals surface area (Å²) in [6, 6.07) is 9.15. The Morgan fingerprint density at radius 1 is 1.22 bits per heavy atom. The average Bonchev–Trinajstić information content (AvgIpc) is 3.06. The number of nitrogens with zero attached hydrogens (tertiary/aromatic N) is 3. The molecule has 0 saturated carbocycles. The Labute approximate surface area is 158 Å². The molecule has 1 fully saturated rings. The van der Waals surface area contributed by atoms with Crippen LogP contribution in [0.25, 0.3) is 10.9 Å². The molecule has 1 aliphatic heterocycles. The molecule has 0 spiro atoms. The summed E-state index contributed by atoms with van der Waals surface area (Å²) in [5.74, 6) is 1.53. The summed E-state index contributed by atoms with van der Waals surface area (Å²) in [5.41, 5.74) is 1.63. The standard InChI is InChI=1S/C21H25FN4O/c1-15-19-14-16(22)6-7-20(19)25-21(24-15)26-11-2-4-17(9-12-26)23-10-8-18-5-3-13-27-18/h3,5-7,13-14,17,23H,2,4,8-12H2,1H3. The Morgan fingerprint density at radius 2 is 2.15 bits per heavy atom. The van der Waals surface area contributed by atoms with E-state index in [2.05, 4.69) is 20.2 Å². The van der Waals surface area contributed by atoms with Gasteiger partial charge < -0.3 is 14.6 Å². The number of nitrogens with one attached hydrogen (secondary N) is 1. The highest BCUT2D eigenvalue weighted by Crippen LogP contribution is 2.22. The lowest BCUT2D eigenvalue weighted by Gasteiger charge is -2.21. The molecule has 1 aromatic carbocycles. The van der Waals surface area contributed by atoms with Gasteiger partial charge in [-0.15, -0.1) is 0 Å². The fourth-order valence-electron chi connectivity index (χ4n) is 3.73. The lowest BCUT2D eigenvalue weighted by molar-refractivity contribution is 0.449. The fourth-order valence-corrected chi connectivity index (χ4v) is 3.73. The third-order valence-electron chi connectivity index (χ3n) is 5.23. The highest BCUT2D eigenvalue weighted by Gasteiger charge is 2.19. The maximum absolute atomic E-state index is 13.5. The summed E-state index contributed by atoms with van der Waals surface area (Å²) in [4.78, 5) is 11.6. The van der Waals surface area contributed by atoms with Gasteiger partial charge in [-0.1, -0.05) is 0 Å². The van der Waals surface area contributed by atoms with Crippen molar-refractivity contribution < 1.29 is 8.81 Å². The molecular weight excluding hydrogens is 343 g/mol. The van der Waals surface area contributed by atoms with Crippen molar-refractivity contribution in [1.29, 1.82) is 0 Å². The Kier molecular flexibility index (Phi) is 5.34. The van der Waals surface area contributed by atoms with Gasteiger partial charge in [0.2, 0.25) is 5.95 Å². The van der Waals surface area contributed by atoms with E-state index in [1.807, 2.05) is 19.1 Å². The number of anilines is 1. The first-order valence-electron chi connectivity index (χ1n) is 9.63. The van der Waals surface area contributed by atoms with Crippen molar-refractivity contribution in [2.45, 2.75) is 38.6 Å². The third-order valence-corrected chi connectivity index (χ3v) is 5.23. The summed E-state index contributed by atoms with van der Waals surface area (Å²) in [6.45, 7) is 4.71. The van der Waals surface area contributed by atoms with E-state index in [9.17, 15) is 4.39 Å². The minimum Gasteiger partial charge on any atom is -0.469 e. The minimum atomic E-state index is -0.250. The summed E-state index contributed by atoms with van der Waals surface area (Å²) in [6.07, 6.45) is 5.94. The van der Waals surface area contributed by atoms with Gasteiger partial charge in [0.25, 0.3) is 0 Å². The van der Waals surface area contributed by atoms with Crippen molar-refractivity contribution in [3.8, 4) is 0 Å². The second-order valence-electron chi connectivity index (χ2n) is 7.17. The second kappa shape index (κ2) is 8.05. The number of aromatic nitrogens is 2. The van der Waals surface area contributed by atoms with Gasteiger partial charge in [0.1, 0.15) is 11.6 Å². The largest absolute Gasteiger partial charge is 0.469 e. The van der Waals surface area contributed by atoms with Crippen LogP contribution < -0.4 is 10.2 Å². The number of aryl methyl sites for hydroxylation is 1. The zero-order valence-corrected chi connectivity index (χ0v) is 15.6. The van der Waals surface area contributed by atoms with Crippen LogP contribution in [0, 0.1) is 12.7 Å². The van der Waals surface area contributed by atoms with Gasteiger partial charge in [0, 0.05) is 37.5 Å². The molecule has 1 atom stereocenters. The molecule has 0 bridgehead atoms. The molecule has 1 unspecified atom stereocenters. The number of hydrogen-bond acceptors (Lipinski definition) is 5. The number of rotatable bonds is 5. The molecular formula is C21H25FN4O. The van der Waals surface area contributed by atoms with Crippen LogP contribution in [0.15, 0.2) is 41.0 Å². The van der Waals surface area contributed by atoms with E-state index in [1.165, 1.54) is 12.1 Å². The molecule has 3 aromatic rings. The van der Waals surface area contributed by atoms with Crippen molar-refractivity contribution in [3.05, 3.63) is 53.9 Å². The summed E-state index contributed by atoms with van der Waals surface area (Å²) in [7, 11) is 0. The average molecular weight is 368 g/mol. The quantitative estimate of drug-likeness (QED) is 0.741. The van der Waals surface area contributed by atoms with Crippen LogP contribution in [0.1, 0.15) is 30.7 Å². The number of fused-ring (bicyclic) bond motifs is 1. The first-order chi connectivity index (χ1) is 13.2. The van der Waals surface area contributed by atoms with Crippen LogP contribution >= 0.6 is 0 Å². The molecule has 5 nitrogen and oxygen atoms in total. The zero-order valence-electron chi connectivity index (χ0n) is 15.6. The van der Waals surface area contributed by atoms with Gasteiger partial charge in [-0.25, -0.2) is 14.4 Å². The van der Waals surface area contributed by atoms with Gasteiger partial charge in [-0.3, -0.25) is 0 Å². The normalized spacial score (nSPS) is 18.0. The van der Waals surface area contributed by atoms with Crippen LogP contribution in [0.4, 0.5) is 10.3 Å². The molecule has 4 rings (SSSR count). The topological polar surface area (TPSA) is 54.2 Å². The summed E-state index contributed by atoms with van der Waals surface area (Å²) >= 11 is 0. The van der Waals surface area contributed by atoms with Crippen LogP contribution in [-0.2, 0) is 6.42 Å². The van der Waals surface area contributed by atoms with E-state index in [0.717, 1.165) is 73.6 Å². The molecule has 0 aliphatic carbocycles. The second-order valence-corrected chi connectivity index (χ2v) is 7.17. The number of hydrogen-bond donors (Lipinski definition) is 1. The lowest BCUT2D eigenvalue weighted by Crippen LogP contribution is -2.32. The summed E-state index contributed by atoms with van der Waals surface area (Å²) < 4.78 is 18.9. The van der Waals surface area contributed by atoms with E-state index < -0.39 is 0 Å². The van der Waals surface area contributed by atoms with E-state index in [0.29, 0.717) is 6.04 Å². The van der Waals surface area contributed by atoms with Gasteiger partial charge in [-0.05, 0) is 56.5 Å². The molecule has 3 heterocycles. The number of benzene rings is 1.